The molecule has 1 aromatic carbocycles. The lowest BCUT2D eigenvalue weighted by Gasteiger charge is -2.08. The topological polar surface area (TPSA) is 34.1 Å². The molecule has 3 heteroatoms. The van der Waals surface area contributed by atoms with Crippen LogP contribution in [0.4, 0.5) is 0 Å². The molecule has 0 aliphatic heterocycles. The van der Waals surface area contributed by atoms with E-state index in [0.717, 1.165) is 24.4 Å². The van der Waals surface area contributed by atoms with Crippen molar-refractivity contribution in [1.29, 1.82) is 0 Å². The summed E-state index contributed by atoms with van der Waals surface area (Å²) < 4.78 is 5.85. The zero-order chi connectivity index (χ0) is 13.8. The molecule has 3 nitrogen and oxygen atoms in total. The Hall–Kier alpha value is -1.87. The fourth-order valence-electron chi connectivity index (χ4n) is 2.10. The van der Waals surface area contributed by atoms with E-state index in [1.807, 2.05) is 30.3 Å². The fourth-order valence-corrected chi connectivity index (χ4v) is 2.10. The standard InChI is InChI=1S/C17H20N2O/c1-2-13-5-3-7-16(11-13)20-17-8-4-6-15(19-17)12-18-14-9-10-14/h3-8,11,14,18H,2,9-10,12H2,1H3. The molecule has 1 aromatic heterocycles. The van der Waals surface area contributed by atoms with Crippen molar-refractivity contribution in [3.05, 3.63) is 53.7 Å². The summed E-state index contributed by atoms with van der Waals surface area (Å²) in [6.45, 7) is 2.96. The van der Waals surface area contributed by atoms with E-state index in [0.29, 0.717) is 11.9 Å². The van der Waals surface area contributed by atoms with Crippen LogP contribution in [0.15, 0.2) is 42.5 Å². The smallest absolute Gasteiger partial charge is 0.219 e. The number of aryl methyl sites for hydroxylation is 1. The third-order valence-corrected chi connectivity index (χ3v) is 3.46. The normalized spacial score (nSPS) is 14.2. The van der Waals surface area contributed by atoms with E-state index < -0.39 is 0 Å². The number of ether oxygens (including phenoxy) is 1. The van der Waals surface area contributed by atoms with Gasteiger partial charge in [-0.2, -0.15) is 0 Å². The van der Waals surface area contributed by atoms with E-state index in [1.54, 1.807) is 0 Å². The van der Waals surface area contributed by atoms with Crippen molar-refractivity contribution < 1.29 is 4.74 Å². The van der Waals surface area contributed by atoms with Crippen molar-refractivity contribution in [2.24, 2.45) is 0 Å². The molecule has 1 fully saturated rings. The molecule has 1 aliphatic rings. The van der Waals surface area contributed by atoms with E-state index >= 15 is 0 Å². The highest BCUT2D eigenvalue weighted by atomic mass is 16.5. The number of pyridine rings is 1. The van der Waals surface area contributed by atoms with Gasteiger partial charge in [0, 0.05) is 18.7 Å². The predicted octanol–water partition coefficient (Wildman–Crippen LogP) is 3.69. The van der Waals surface area contributed by atoms with Crippen molar-refractivity contribution in [2.45, 2.75) is 38.8 Å². The molecule has 20 heavy (non-hydrogen) atoms. The molecule has 2 aromatic rings. The van der Waals surface area contributed by atoms with Crippen LogP contribution in [-0.4, -0.2) is 11.0 Å². The molecule has 0 saturated heterocycles. The molecule has 1 N–H and O–H groups in total. The second-order valence-corrected chi connectivity index (χ2v) is 5.23. The lowest BCUT2D eigenvalue weighted by Crippen LogP contribution is -2.16. The summed E-state index contributed by atoms with van der Waals surface area (Å²) in [5, 5.41) is 3.46. The van der Waals surface area contributed by atoms with E-state index in [4.69, 9.17) is 4.74 Å². The molecule has 1 heterocycles. The van der Waals surface area contributed by atoms with Crippen LogP contribution >= 0.6 is 0 Å². The Labute approximate surface area is 120 Å². The van der Waals surface area contributed by atoms with Gasteiger partial charge >= 0.3 is 0 Å². The van der Waals surface area contributed by atoms with Crippen LogP contribution in [0.5, 0.6) is 11.6 Å². The summed E-state index contributed by atoms with van der Waals surface area (Å²) in [5.41, 5.74) is 2.30. The summed E-state index contributed by atoms with van der Waals surface area (Å²) in [6, 6.07) is 14.8. The first-order valence-corrected chi connectivity index (χ1v) is 7.29. The van der Waals surface area contributed by atoms with Crippen molar-refractivity contribution in [3.63, 3.8) is 0 Å². The number of nitrogens with zero attached hydrogens (tertiary/aromatic N) is 1. The van der Waals surface area contributed by atoms with Gasteiger partial charge in [0.1, 0.15) is 5.75 Å². The van der Waals surface area contributed by atoms with Gasteiger partial charge in [0.05, 0.1) is 5.69 Å². The van der Waals surface area contributed by atoms with Crippen LogP contribution in [0.3, 0.4) is 0 Å². The first kappa shape index (κ1) is 13.1. The quantitative estimate of drug-likeness (QED) is 0.867. The minimum Gasteiger partial charge on any atom is -0.439 e. The predicted molar refractivity (Wildman–Crippen MR) is 80.0 cm³/mol. The number of hydrogen-bond donors (Lipinski definition) is 1. The highest BCUT2D eigenvalue weighted by Gasteiger charge is 2.20. The summed E-state index contributed by atoms with van der Waals surface area (Å²) in [6.07, 6.45) is 3.59. The van der Waals surface area contributed by atoms with Gasteiger partial charge in [0.2, 0.25) is 5.88 Å². The maximum atomic E-state index is 5.85. The van der Waals surface area contributed by atoms with E-state index in [1.165, 1.54) is 18.4 Å². The highest BCUT2D eigenvalue weighted by molar-refractivity contribution is 5.31. The van der Waals surface area contributed by atoms with Crippen LogP contribution in [0, 0.1) is 0 Å². The first-order chi connectivity index (χ1) is 9.83. The van der Waals surface area contributed by atoms with E-state index in [-0.39, 0.29) is 0 Å². The maximum absolute atomic E-state index is 5.85. The van der Waals surface area contributed by atoms with Crippen LogP contribution < -0.4 is 10.1 Å². The van der Waals surface area contributed by atoms with Gasteiger partial charge in [-0.1, -0.05) is 25.1 Å². The minimum absolute atomic E-state index is 0.661. The van der Waals surface area contributed by atoms with Gasteiger partial charge in [-0.25, -0.2) is 4.98 Å². The third-order valence-electron chi connectivity index (χ3n) is 3.46. The van der Waals surface area contributed by atoms with E-state index in [2.05, 4.69) is 29.4 Å². The van der Waals surface area contributed by atoms with Gasteiger partial charge in [-0.15, -0.1) is 0 Å². The minimum atomic E-state index is 0.661. The number of hydrogen-bond acceptors (Lipinski definition) is 3. The largest absolute Gasteiger partial charge is 0.439 e. The van der Waals surface area contributed by atoms with Crippen molar-refractivity contribution in [2.75, 3.05) is 0 Å². The fraction of sp³-hybridized carbons (Fsp3) is 0.353. The average Bonchev–Trinajstić information content (AvgIpc) is 3.30. The van der Waals surface area contributed by atoms with E-state index in [9.17, 15) is 0 Å². The molecule has 0 radical (unpaired) electrons. The number of benzene rings is 1. The molecule has 1 saturated carbocycles. The Morgan fingerprint density at radius 3 is 2.85 bits per heavy atom. The number of rotatable bonds is 6. The highest BCUT2D eigenvalue weighted by Crippen LogP contribution is 2.22. The Morgan fingerprint density at radius 1 is 1.20 bits per heavy atom. The molecule has 3 rings (SSSR count). The Kier molecular flexibility index (Phi) is 3.97. The number of nitrogens with one attached hydrogen (secondary N) is 1. The molecular weight excluding hydrogens is 248 g/mol. The molecule has 1 aliphatic carbocycles. The van der Waals surface area contributed by atoms with Crippen LogP contribution in [-0.2, 0) is 13.0 Å². The molecule has 0 unspecified atom stereocenters. The van der Waals surface area contributed by atoms with Gasteiger partial charge in [0.25, 0.3) is 0 Å². The Balaban J connectivity index is 1.67. The SMILES string of the molecule is CCc1cccc(Oc2cccc(CNC3CC3)n2)c1. The molecule has 0 spiro atoms. The molecule has 0 atom stereocenters. The first-order valence-electron chi connectivity index (χ1n) is 7.29. The van der Waals surface area contributed by atoms with Crippen LogP contribution in [0.2, 0.25) is 0 Å². The average molecular weight is 268 g/mol. The van der Waals surface area contributed by atoms with Gasteiger partial charge in [0.15, 0.2) is 0 Å². The molecular formula is C17H20N2O. The van der Waals surface area contributed by atoms with Gasteiger partial charge in [-0.05, 0) is 43.0 Å². The zero-order valence-corrected chi connectivity index (χ0v) is 11.8. The van der Waals surface area contributed by atoms with Crippen LogP contribution in [0.1, 0.15) is 31.0 Å². The number of aromatic nitrogens is 1. The second-order valence-electron chi connectivity index (χ2n) is 5.23. The molecule has 0 bridgehead atoms. The van der Waals surface area contributed by atoms with Gasteiger partial charge < -0.3 is 10.1 Å². The van der Waals surface area contributed by atoms with Crippen molar-refractivity contribution in [3.8, 4) is 11.6 Å². The summed E-state index contributed by atoms with van der Waals surface area (Å²) in [5.74, 6) is 1.51. The summed E-state index contributed by atoms with van der Waals surface area (Å²) >= 11 is 0. The Morgan fingerprint density at radius 2 is 2.05 bits per heavy atom. The van der Waals surface area contributed by atoms with Crippen LogP contribution in [0.25, 0.3) is 0 Å². The lowest BCUT2D eigenvalue weighted by molar-refractivity contribution is 0.459. The summed E-state index contributed by atoms with van der Waals surface area (Å²) in [4.78, 5) is 4.54. The molecule has 0 amide bonds. The lowest BCUT2D eigenvalue weighted by atomic mass is 10.2. The van der Waals surface area contributed by atoms with Crippen molar-refractivity contribution >= 4 is 0 Å². The van der Waals surface area contributed by atoms with Crippen molar-refractivity contribution in [1.82, 2.24) is 10.3 Å². The van der Waals surface area contributed by atoms with Gasteiger partial charge in [-0.3, -0.25) is 0 Å². The summed E-state index contributed by atoms with van der Waals surface area (Å²) in [7, 11) is 0. The third kappa shape index (κ3) is 3.58. The second kappa shape index (κ2) is 6.06. The molecule has 104 valence electrons. The monoisotopic (exact) mass is 268 g/mol. The zero-order valence-electron chi connectivity index (χ0n) is 11.8. The Bertz CT molecular complexity index is 579. The maximum Gasteiger partial charge on any atom is 0.219 e.